The minimum absolute atomic E-state index is 0.378. The van der Waals surface area contributed by atoms with E-state index in [0.717, 1.165) is 0 Å². The summed E-state index contributed by atoms with van der Waals surface area (Å²) in [6.07, 6.45) is 10.8. The highest BCUT2D eigenvalue weighted by atomic mass is 14.9. The Morgan fingerprint density at radius 2 is 1.79 bits per heavy atom. The summed E-state index contributed by atoms with van der Waals surface area (Å²) in [4.78, 5) is 0. The van der Waals surface area contributed by atoms with E-state index >= 15 is 0 Å². The van der Waals surface area contributed by atoms with Gasteiger partial charge in [0.1, 0.15) is 0 Å². The van der Waals surface area contributed by atoms with Crippen LogP contribution in [0.15, 0.2) is 30.3 Å². The molecule has 1 aliphatic carbocycles. The molecule has 1 N–H and O–H groups in total. The third-order valence-corrected chi connectivity index (χ3v) is 4.96. The van der Waals surface area contributed by atoms with Crippen LogP contribution >= 0.6 is 0 Å². The lowest BCUT2D eigenvalue weighted by molar-refractivity contribution is 0.208. The van der Waals surface area contributed by atoms with Crippen LogP contribution in [-0.2, 0) is 5.41 Å². The molecule has 0 spiro atoms. The molecule has 2 rings (SSSR count). The standard InChI is InChI=1S/C18H29N/c1-3-4-13-17(19-2)18(14-9-6-10-15-18)16-11-7-5-8-12-16/h5,7-8,11-12,17,19H,3-4,6,9-10,13-15H2,1-2H3. The highest BCUT2D eigenvalue weighted by molar-refractivity contribution is 5.28. The second-order valence-corrected chi connectivity index (χ2v) is 6.07. The Morgan fingerprint density at radius 1 is 1.11 bits per heavy atom. The average molecular weight is 259 g/mol. The van der Waals surface area contributed by atoms with Gasteiger partial charge in [-0.15, -0.1) is 0 Å². The second-order valence-electron chi connectivity index (χ2n) is 6.07. The highest BCUT2D eigenvalue weighted by Crippen LogP contribution is 2.43. The first-order valence-corrected chi connectivity index (χ1v) is 8.06. The molecule has 19 heavy (non-hydrogen) atoms. The van der Waals surface area contributed by atoms with Gasteiger partial charge in [-0.25, -0.2) is 0 Å². The molecule has 1 saturated carbocycles. The van der Waals surface area contributed by atoms with Gasteiger partial charge in [-0.05, 0) is 31.9 Å². The van der Waals surface area contributed by atoms with E-state index in [1.54, 1.807) is 5.56 Å². The topological polar surface area (TPSA) is 12.0 Å². The summed E-state index contributed by atoms with van der Waals surface area (Å²) in [6, 6.07) is 11.9. The van der Waals surface area contributed by atoms with Gasteiger partial charge < -0.3 is 5.32 Å². The summed E-state index contributed by atoms with van der Waals surface area (Å²) in [5.41, 5.74) is 1.94. The Hall–Kier alpha value is -0.820. The summed E-state index contributed by atoms with van der Waals surface area (Å²) < 4.78 is 0. The molecule has 1 nitrogen and oxygen atoms in total. The zero-order valence-corrected chi connectivity index (χ0v) is 12.6. The van der Waals surface area contributed by atoms with Crippen molar-refractivity contribution in [2.75, 3.05) is 7.05 Å². The average Bonchev–Trinajstić information content (AvgIpc) is 2.50. The smallest absolute Gasteiger partial charge is 0.0161 e. The van der Waals surface area contributed by atoms with Crippen molar-refractivity contribution in [2.45, 2.75) is 69.7 Å². The van der Waals surface area contributed by atoms with Crippen LogP contribution < -0.4 is 5.32 Å². The number of rotatable bonds is 6. The first-order valence-electron chi connectivity index (χ1n) is 8.06. The molecule has 1 aliphatic rings. The maximum absolute atomic E-state index is 3.65. The fraction of sp³-hybridized carbons (Fsp3) is 0.667. The Kier molecular flexibility index (Phi) is 5.45. The van der Waals surface area contributed by atoms with Gasteiger partial charge >= 0.3 is 0 Å². The number of nitrogens with one attached hydrogen (secondary N) is 1. The number of benzene rings is 1. The minimum atomic E-state index is 0.378. The number of likely N-dealkylation sites (N-methyl/N-ethyl adjacent to an activating group) is 1. The van der Waals surface area contributed by atoms with Crippen LogP contribution in [0, 0.1) is 0 Å². The Balaban J connectivity index is 2.27. The highest BCUT2D eigenvalue weighted by Gasteiger charge is 2.39. The van der Waals surface area contributed by atoms with Gasteiger partial charge in [0.2, 0.25) is 0 Å². The first kappa shape index (κ1) is 14.6. The second kappa shape index (κ2) is 7.09. The Bertz CT molecular complexity index is 351. The normalized spacial score (nSPS) is 20.1. The zero-order chi connectivity index (χ0) is 13.6. The monoisotopic (exact) mass is 259 g/mol. The molecule has 1 fully saturated rings. The molecule has 0 bridgehead atoms. The predicted molar refractivity (Wildman–Crippen MR) is 83.6 cm³/mol. The summed E-state index contributed by atoms with van der Waals surface area (Å²) >= 11 is 0. The van der Waals surface area contributed by atoms with Gasteiger partial charge in [-0.1, -0.05) is 69.4 Å². The Labute approximate surface area is 118 Å². The van der Waals surface area contributed by atoms with E-state index in [1.807, 2.05) is 0 Å². The van der Waals surface area contributed by atoms with Gasteiger partial charge in [0.15, 0.2) is 0 Å². The van der Waals surface area contributed by atoms with Crippen molar-refractivity contribution in [3.63, 3.8) is 0 Å². The lowest BCUT2D eigenvalue weighted by Crippen LogP contribution is -2.48. The van der Waals surface area contributed by atoms with Crippen molar-refractivity contribution in [3.8, 4) is 0 Å². The molecule has 1 aromatic rings. The van der Waals surface area contributed by atoms with Gasteiger partial charge in [-0.3, -0.25) is 0 Å². The summed E-state index contributed by atoms with van der Waals surface area (Å²) in [7, 11) is 2.15. The van der Waals surface area contributed by atoms with E-state index in [9.17, 15) is 0 Å². The van der Waals surface area contributed by atoms with E-state index in [4.69, 9.17) is 0 Å². The number of hydrogen-bond donors (Lipinski definition) is 1. The number of hydrogen-bond acceptors (Lipinski definition) is 1. The first-order chi connectivity index (χ1) is 9.33. The van der Waals surface area contributed by atoms with Crippen molar-refractivity contribution < 1.29 is 0 Å². The molecule has 0 amide bonds. The fourth-order valence-corrected chi connectivity index (χ4v) is 3.90. The largest absolute Gasteiger partial charge is 0.316 e. The lowest BCUT2D eigenvalue weighted by atomic mass is 9.64. The molecular formula is C18H29N. The molecule has 106 valence electrons. The lowest BCUT2D eigenvalue weighted by Gasteiger charge is -2.44. The summed E-state index contributed by atoms with van der Waals surface area (Å²) in [5, 5.41) is 3.65. The predicted octanol–water partition coefficient (Wildman–Crippen LogP) is 4.67. The summed E-state index contributed by atoms with van der Waals surface area (Å²) in [5.74, 6) is 0. The van der Waals surface area contributed by atoms with Crippen LogP contribution in [0.4, 0.5) is 0 Å². The molecule has 0 heterocycles. The molecule has 0 radical (unpaired) electrons. The van der Waals surface area contributed by atoms with Crippen molar-refractivity contribution in [2.24, 2.45) is 0 Å². The molecule has 1 heteroatoms. The van der Waals surface area contributed by atoms with Gasteiger partial charge in [0.05, 0.1) is 0 Å². The van der Waals surface area contributed by atoms with E-state index in [1.165, 1.54) is 51.4 Å². The van der Waals surface area contributed by atoms with Crippen molar-refractivity contribution in [1.82, 2.24) is 5.32 Å². The minimum Gasteiger partial charge on any atom is -0.316 e. The van der Waals surface area contributed by atoms with Crippen LogP contribution in [0.2, 0.25) is 0 Å². The van der Waals surface area contributed by atoms with Gasteiger partial charge in [0.25, 0.3) is 0 Å². The summed E-state index contributed by atoms with van der Waals surface area (Å²) in [6.45, 7) is 2.29. The molecule has 1 atom stereocenters. The molecule has 1 unspecified atom stereocenters. The quantitative estimate of drug-likeness (QED) is 0.783. The van der Waals surface area contributed by atoms with Crippen LogP contribution in [0.25, 0.3) is 0 Å². The molecule has 0 saturated heterocycles. The number of unbranched alkanes of at least 4 members (excludes halogenated alkanes) is 1. The fourth-order valence-electron chi connectivity index (χ4n) is 3.90. The maximum atomic E-state index is 3.65. The third kappa shape index (κ3) is 3.20. The van der Waals surface area contributed by atoms with E-state index in [-0.39, 0.29) is 0 Å². The van der Waals surface area contributed by atoms with Crippen molar-refractivity contribution >= 4 is 0 Å². The van der Waals surface area contributed by atoms with Crippen LogP contribution in [0.3, 0.4) is 0 Å². The van der Waals surface area contributed by atoms with Crippen LogP contribution in [-0.4, -0.2) is 13.1 Å². The SMILES string of the molecule is CCCCC(NC)C1(c2ccccc2)CCCCC1. The molecular weight excluding hydrogens is 230 g/mol. The molecule has 0 aromatic heterocycles. The van der Waals surface area contributed by atoms with Gasteiger partial charge in [-0.2, -0.15) is 0 Å². The molecule has 0 aliphatic heterocycles. The van der Waals surface area contributed by atoms with E-state index in [0.29, 0.717) is 11.5 Å². The molecule has 1 aromatic carbocycles. The van der Waals surface area contributed by atoms with Crippen molar-refractivity contribution in [1.29, 1.82) is 0 Å². The van der Waals surface area contributed by atoms with Crippen molar-refractivity contribution in [3.05, 3.63) is 35.9 Å². The Morgan fingerprint density at radius 3 is 2.37 bits per heavy atom. The van der Waals surface area contributed by atoms with Crippen LogP contribution in [0.5, 0.6) is 0 Å². The van der Waals surface area contributed by atoms with E-state index < -0.39 is 0 Å². The van der Waals surface area contributed by atoms with Crippen LogP contribution in [0.1, 0.15) is 63.9 Å². The maximum Gasteiger partial charge on any atom is 0.0161 e. The third-order valence-electron chi connectivity index (χ3n) is 4.96. The van der Waals surface area contributed by atoms with E-state index in [2.05, 4.69) is 49.6 Å². The van der Waals surface area contributed by atoms with Gasteiger partial charge in [0, 0.05) is 11.5 Å². The zero-order valence-electron chi connectivity index (χ0n) is 12.6.